The molecule has 0 spiro atoms. The van der Waals surface area contributed by atoms with Crippen molar-refractivity contribution in [2.75, 3.05) is 28.6 Å². The van der Waals surface area contributed by atoms with Crippen LogP contribution in [0.3, 0.4) is 0 Å². The molecule has 2 saturated heterocycles. The highest BCUT2D eigenvalue weighted by Gasteiger charge is 2.36. The minimum atomic E-state index is -0.516. The van der Waals surface area contributed by atoms with Crippen LogP contribution in [0.2, 0.25) is 0 Å². The predicted octanol–water partition coefficient (Wildman–Crippen LogP) is 4.47. The van der Waals surface area contributed by atoms with E-state index in [2.05, 4.69) is 32.7 Å². The van der Waals surface area contributed by atoms with Crippen molar-refractivity contribution in [3.05, 3.63) is 78.0 Å². The zero-order valence-corrected chi connectivity index (χ0v) is 19.8. The topological polar surface area (TPSA) is 102 Å². The Bertz CT molecular complexity index is 1140. The number of nitrogens with zero attached hydrogens (tertiary/aromatic N) is 2. The molecule has 2 aromatic carbocycles. The number of hydrogen-bond donors (Lipinski definition) is 3. The summed E-state index contributed by atoms with van der Waals surface area (Å²) in [6.07, 6.45) is 3.54. The molecule has 4 N–H and O–H groups in total. The van der Waals surface area contributed by atoms with Gasteiger partial charge >= 0.3 is 0 Å². The smallest absolute Gasteiger partial charge is 0.252 e. The van der Waals surface area contributed by atoms with Crippen molar-refractivity contribution in [2.24, 2.45) is 11.7 Å². The van der Waals surface area contributed by atoms with Crippen LogP contribution in [0.1, 0.15) is 35.7 Å². The summed E-state index contributed by atoms with van der Waals surface area (Å²) in [7, 11) is 0. The Balaban J connectivity index is 1.21. The van der Waals surface area contributed by atoms with Gasteiger partial charge in [0.1, 0.15) is 5.82 Å². The van der Waals surface area contributed by atoms with Crippen LogP contribution in [0.15, 0.2) is 66.9 Å². The Morgan fingerprint density at radius 1 is 1.09 bits per heavy atom. The number of pyridine rings is 1. The lowest BCUT2D eigenvalue weighted by atomic mass is 9.95. The molecule has 0 unspecified atom stereocenters. The van der Waals surface area contributed by atoms with Crippen LogP contribution >= 0.6 is 0 Å². The molecule has 182 valence electrons. The minimum Gasteiger partial charge on any atom is -0.380 e. The van der Waals surface area contributed by atoms with Gasteiger partial charge in [0.25, 0.3) is 5.91 Å². The monoisotopic (exact) mass is 473 g/mol. The number of aromatic nitrogens is 1. The maximum atomic E-state index is 11.9. The van der Waals surface area contributed by atoms with Crippen molar-refractivity contribution in [2.45, 2.75) is 38.9 Å². The molecule has 0 saturated carbocycles. The fourth-order valence-electron chi connectivity index (χ4n) is 4.60. The number of piperidine rings is 1. The Labute approximate surface area is 205 Å². The summed E-state index contributed by atoms with van der Waals surface area (Å²) in [5.41, 5.74) is 9.78. The summed E-state index contributed by atoms with van der Waals surface area (Å²) in [6.45, 7) is 4.49. The molecule has 2 fully saturated rings. The summed E-state index contributed by atoms with van der Waals surface area (Å²) in [4.78, 5) is 18.7. The fourth-order valence-corrected chi connectivity index (χ4v) is 4.60. The van der Waals surface area contributed by atoms with E-state index < -0.39 is 5.91 Å². The van der Waals surface area contributed by atoms with Gasteiger partial charge in [-0.1, -0.05) is 30.3 Å². The normalized spacial score (nSPS) is 20.2. The lowest BCUT2D eigenvalue weighted by Gasteiger charge is -2.43. The molecule has 3 aromatic rings. The summed E-state index contributed by atoms with van der Waals surface area (Å²) >= 11 is 0. The number of benzene rings is 2. The van der Waals surface area contributed by atoms with Crippen LogP contribution in [-0.4, -0.2) is 36.6 Å². The number of carbonyl (C=O) groups excluding carboxylic acids is 1. The van der Waals surface area contributed by atoms with Gasteiger partial charge in [-0.05, 0) is 49.6 Å². The van der Waals surface area contributed by atoms with E-state index in [1.165, 1.54) is 11.9 Å². The molecule has 5 rings (SSSR count). The molecular weight excluding hydrogens is 442 g/mol. The lowest BCUT2D eigenvalue weighted by Crippen LogP contribution is -2.48. The zero-order valence-electron chi connectivity index (χ0n) is 19.8. The first kappa shape index (κ1) is 23.1. The molecule has 8 heteroatoms. The van der Waals surface area contributed by atoms with Gasteiger partial charge in [-0.3, -0.25) is 4.79 Å². The van der Waals surface area contributed by atoms with Crippen molar-refractivity contribution in [1.29, 1.82) is 0 Å². The fraction of sp³-hybridized carbons (Fsp3) is 0.333. The molecule has 0 aliphatic carbocycles. The minimum absolute atomic E-state index is 0.0285. The lowest BCUT2D eigenvalue weighted by molar-refractivity contribution is -0.393. The van der Waals surface area contributed by atoms with Crippen LogP contribution in [-0.2, 0) is 16.0 Å². The highest BCUT2D eigenvalue weighted by Crippen LogP contribution is 2.33. The highest BCUT2D eigenvalue weighted by atomic mass is 16.9. The summed E-state index contributed by atoms with van der Waals surface area (Å²) in [5.74, 6) is 0.592. The van der Waals surface area contributed by atoms with Gasteiger partial charge < -0.3 is 30.7 Å². The third kappa shape index (κ3) is 5.55. The van der Waals surface area contributed by atoms with E-state index in [0.717, 1.165) is 37.2 Å². The Hall–Kier alpha value is -3.62. The van der Waals surface area contributed by atoms with Gasteiger partial charge in [0.05, 0.1) is 11.3 Å². The number of hydrogen-bond acceptors (Lipinski definition) is 7. The molecule has 2 aliphatic rings. The molecule has 3 heterocycles. The van der Waals surface area contributed by atoms with Crippen molar-refractivity contribution in [1.82, 2.24) is 4.98 Å². The number of nitrogens with two attached hydrogens (primary N) is 1. The molecule has 0 atom stereocenters. The van der Waals surface area contributed by atoms with Crippen molar-refractivity contribution >= 4 is 28.8 Å². The number of anilines is 4. The number of nitrogens with one attached hydrogen (secondary N) is 2. The number of amides is 1. The first-order chi connectivity index (χ1) is 17.0. The van der Waals surface area contributed by atoms with E-state index in [9.17, 15) is 4.79 Å². The summed E-state index contributed by atoms with van der Waals surface area (Å²) in [5, 5.41) is 6.63. The molecule has 1 amide bonds. The van der Waals surface area contributed by atoms with E-state index in [1.807, 2.05) is 55.5 Å². The molecule has 0 radical (unpaired) electrons. The zero-order chi connectivity index (χ0) is 24.2. The van der Waals surface area contributed by atoms with Crippen molar-refractivity contribution < 1.29 is 14.3 Å². The average molecular weight is 474 g/mol. The quantitative estimate of drug-likeness (QED) is 0.444. The molecular formula is C27H31N5O3. The van der Waals surface area contributed by atoms with E-state index >= 15 is 0 Å². The summed E-state index contributed by atoms with van der Waals surface area (Å²) in [6, 6.07) is 20.1. The molecule has 0 bridgehead atoms. The number of carbonyl (C=O) groups is 1. The van der Waals surface area contributed by atoms with Crippen molar-refractivity contribution in [3.63, 3.8) is 0 Å². The van der Waals surface area contributed by atoms with Gasteiger partial charge in [-0.25, -0.2) is 4.98 Å². The summed E-state index contributed by atoms with van der Waals surface area (Å²) < 4.78 is 11.3. The average Bonchev–Trinajstić information content (AvgIpc) is 2.87. The highest BCUT2D eigenvalue weighted by molar-refractivity contribution is 5.98. The largest absolute Gasteiger partial charge is 0.380 e. The first-order valence-electron chi connectivity index (χ1n) is 12.1. The van der Waals surface area contributed by atoms with Crippen LogP contribution in [0.25, 0.3) is 0 Å². The van der Waals surface area contributed by atoms with Gasteiger partial charge in [0.15, 0.2) is 12.6 Å². The Morgan fingerprint density at radius 3 is 2.46 bits per heavy atom. The molecule has 1 aromatic heterocycles. The first-order valence-corrected chi connectivity index (χ1v) is 12.1. The Morgan fingerprint density at radius 2 is 1.80 bits per heavy atom. The Kier molecular flexibility index (Phi) is 6.83. The number of ether oxygens (including phenoxy) is 2. The maximum absolute atomic E-state index is 11.9. The second kappa shape index (κ2) is 10.3. The van der Waals surface area contributed by atoms with Gasteiger partial charge in [0.2, 0.25) is 0 Å². The van der Waals surface area contributed by atoms with Crippen LogP contribution in [0.4, 0.5) is 22.9 Å². The van der Waals surface area contributed by atoms with Gasteiger partial charge in [-0.15, -0.1) is 0 Å². The van der Waals surface area contributed by atoms with Gasteiger partial charge in [-0.2, -0.15) is 0 Å². The van der Waals surface area contributed by atoms with E-state index in [1.54, 1.807) is 0 Å². The molecule has 2 aliphatic heterocycles. The van der Waals surface area contributed by atoms with Gasteiger partial charge in [0, 0.05) is 49.2 Å². The molecule has 8 nitrogen and oxygen atoms in total. The van der Waals surface area contributed by atoms with Crippen molar-refractivity contribution in [3.8, 4) is 0 Å². The standard InChI is InChI=1S/C27H31N5O3/c1-18-34-27(35-18)20-11-13-32(14-12-20)22-9-7-21(8-10-22)31-25-15-24(23(17-30-25)26(28)33)29-16-19-5-3-2-4-6-19/h2-10,15,17-18,20,27H,11-14,16H2,1H3,(H2,28,33)(H2,29,30,31). The second-order valence-electron chi connectivity index (χ2n) is 9.02. The second-order valence-corrected chi connectivity index (χ2v) is 9.02. The predicted molar refractivity (Wildman–Crippen MR) is 137 cm³/mol. The van der Waals surface area contributed by atoms with E-state index in [-0.39, 0.29) is 12.6 Å². The van der Waals surface area contributed by atoms with E-state index in [4.69, 9.17) is 15.2 Å². The maximum Gasteiger partial charge on any atom is 0.252 e. The van der Waals surface area contributed by atoms with Crippen LogP contribution in [0, 0.1) is 5.92 Å². The number of rotatable bonds is 8. The van der Waals surface area contributed by atoms with Crippen LogP contribution in [0.5, 0.6) is 0 Å². The van der Waals surface area contributed by atoms with Crippen LogP contribution < -0.4 is 21.3 Å². The third-order valence-electron chi connectivity index (χ3n) is 6.58. The number of primary amides is 1. The molecule has 35 heavy (non-hydrogen) atoms. The van der Waals surface area contributed by atoms with E-state index in [0.29, 0.717) is 29.5 Å². The third-order valence-corrected chi connectivity index (χ3v) is 6.58. The SMILES string of the molecule is CC1OC(C2CCN(c3ccc(Nc4cc(NCc5ccccc5)c(C(N)=O)cn4)cc3)CC2)O1.